The number of rotatable bonds is 5. The number of anilines is 1. The number of nitriles is 1. The number of hydrogen-bond acceptors (Lipinski definition) is 4. The van der Waals surface area contributed by atoms with Gasteiger partial charge < -0.3 is 15.0 Å². The van der Waals surface area contributed by atoms with Crippen LogP contribution in [0.1, 0.15) is 24.5 Å². The summed E-state index contributed by atoms with van der Waals surface area (Å²) in [5.41, 5.74) is 2.30. The fourth-order valence-corrected chi connectivity index (χ4v) is 2.96. The van der Waals surface area contributed by atoms with Gasteiger partial charge in [0.2, 0.25) is 11.8 Å². The van der Waals surface area contributed by atoms with Crippen molar-refractivity contribution in [2.24, 2.45) is 0 Å². The molecule has 1 fully saturated rings. The lowest BCUT2D eigenvalue weighted by Crippen LogP contribution is -2.35. The summed E-state index contributed by atoms with van der Waals surface area (Å²) in [6.45, 7) is 2.28. The Labute approximate surface area is 152 Å². The molecule has 0 bridgehead atoms. The van der Waals surface area contributed by atoms with Gasteiger partial charge in [-0.05, 0) is 42.0 Å². The molecule has 2 aromatic carbocycles. The summed E-state index contributed by atoms with van der Waals surface area (Å²) in [5.74, 6) is 0.542. The molecule has 1 aliphatic heterocycles. The van der Waals surface area contributed by atoms with Gasteiger partial charge in [-0.1, -0.05) is 12.1 Å². The van der Waals surface area contributed by atoms with E-state index in [-0.39, 0.29) is 17.9 Å². The van der Waals surface area contributed by atoms with Crippen LogP contribution in [0.3, 0.4) is 0 Å². The highest BCUT2D eigenvalue weighted by atomic mass is 16.5. The van der Waals surface area contributed by atoms with Gasteiger partial charge in [0.25, 0.3) is 0 Å². The summed E-state index contributed by atoms with van der Waals surface area (Å²) in [5, 5.41) is 11.7. The van der Waals surface area contributed by atoms with Gasteiger partial charge in [0.15, 0.2) is 0 Å². The van der Waals surface area contributed by atoms with Crippen molar-refractivity contribution in [2.75, 3.05) is 11.4 Å². The van der Waals surface area contributed by atoms with Crippen LogP contribution in [0.15, 0.2) is 48.5 Å². The molecule has 1 heterocycles. The molecular formula is C20H19N3O3. The van der Waals surface area contributed by atoms with E-state index in [1.807, 2.05) is 36.4 Å². The van der Waals surface area contributed by atoms with Crippen molar-refractivity contribution in [1.82, 2.24) is 5.32 Å². The SMILES string of the molecule is CC(=O)N[C@H]1CC(=O)N(c2ccc(OCc3cccc(C#N)c3)cc2)C1. The molecule has 0 saturated carbocycles. The van der Waals surface area contributed by atoms with Gasteiger partial charge in [-0.3, -0.25) is 9.59 Å². The van der Waals surface area contributed by atoms with Crippen molar-refractivity contribution in [3.63, 3.8) is 0 Å². The molecular weight excluding hydrogens is 330 g/mol. The van der Waals surface area contributed by atoms with E-state index in [2.05, 4.69) is 11.4 Å². The van der Waals surface area contributed by atoms with Crippen LogP contribution in [0.2, 0.25) is 0 Å². The smallest absolute Gasteiger partial charge is 0.229 e. The van der Waals surface area contributed by atoms with Crippen molar-refractivity contribution in [2.45, 2.75) is 26.0 Å². The molecule has 2 aromatic rings. The van der Waals surface area contributed by atoms with Crippen molar-refractivity contribution >= 4 is 17.5 Å². The zero-order valence-electron chi connectivity index (χ0n) is 14.4. The number of nitrogens with zero attached hydrogens (tertiary/aromatic N) is 2. The number of carbonyl (C=O) groups is 2. The molecule has 0 aliphatic carbocycles. The Morgan fingerprint density at radius 2 is 2.08 bits per heavy atom. The second-order valence-electron chi connectivity index (χ2n) is 6.20. The van der Waals surface area contributed by atoms with Crippen LogP contribution in [0, 0.1) is 11.3 Å². The van der Waals surface area contributed by atoms with Gasteiger partial charge in [0, 0.05) is 25.6 Å². The van der Waals surface area contributed by atoms with Crippen LogP contribution in [-0.4, -0.2) is 24.4 Å². The maximum Gasteiger partial charge on any atom is 0.229 e. The van der Waals surface area contributed by atoms with Crippen molar-refractivity contribution in [3.8, 4) is 11.8 Å². The average Bonchev–Trinajstić information content (AvgIpc) is 3.00. The summed E-state index contributed by atoms with van der Waals surface area (Å²) >= 11 is 0. The number of amides is 2. The first-order valence-electron chi connectivity index (χ1n) is 8.34. The predicted molar refractivity (Wildman–Crippen MR) is 96.5 cm³/mol. The minimum Gasteiger partial charge on any atom is -0.489 e. The maximum atomic E-state index is 12.1. The molecule has 0 unspecified atom stereocenters. The van der Waals surface area contributed by atoms with E-state index in [0.717, 1.165) is 11.3 Å². The largest absolute Gasteiger partial charge is 0.489 e. The van der Waals surface area contributed by atoms with E-state index in [0.29, 0.717) is 30.9 Å². The van der Waals surface area contributed by atoms with Gasteiger partial charge in [0.1, 0.15) is 12.4 Å². The third-order valence-corrected chi connectivity index (χ3v) is 4.14. The lowest BCUT2D eigenvalue weighted by Gasteiger charge is -2.17. The fourth-order valence-electron chi connectivity index (χ4n) is 2.96. The topological polar surface area (TPSA) is 82.4 Å². The number of ether oxygens (including phenoxy) is 1. The standard InChI is InChI=1S/C20H19N3O3/c1-14(24)22-17-10-20(25)23(12-17)18-5-7-19(8-6-18)26-13-16-4-2-3-15(9-16)11-21/h2-9,17H,10,12-13H2,1H3,(H,22,24)/t17-/m0/s1. The monoisotopic (exact) mass is 349 g/mol. The lowest BCUT2D eigenvalue weighted by atomic mass is 10.1. The van der Waals surface area contributed by atoms with Gasteiger partial charge in [-0.25, -0.2) is 0 Å². The Balaban J connectivity index is 1.61. The molecule has 2 amide bonds. The molecule has 6 heteroatoms. The average molecular weight is 349 g/mol. The molecule has 132 valence electrons. The van der Waals surface area contributed by atoms with Gasteiger partial charge in [-0.15, -0.1) is 0 Å². The summed E-state index contributed by atoms with van der Waals surface area (Å²) in [7, 11) is 0. The Hall–Kier alpha value is -3.33. The Bertz CT molecular complexity index is 855. The zero-order chi connectivity index (χ0) is 18.5. The molecule has 0 radical (unpaired) electrons. The molecule has 0 spiro atoms. The van der Waals surface area contributed by atoms with E-state index < -0.39 is 0 Å². The summed E-state index contributed by atoms with van der Waals surface area (Å²) < 4.78 is 5.74. The Kier molecular flexibility index (Phi) is 5.18. The van der Waals surface area contributed by atoms with Gasteiger partial charge in [0.05, 0.1) is 17.7 Å². The van der Waals surface area contributed by atoms with Crippen LogP contribution < -0.4 is 15.0 Å². The Morgan fingerprint density at radius 3 is 2.77 bits per heavy atom. The lowest BCUT2D eigenvalue weighted by molar-refractivity contribution is -0.119. The molecule has 6 nitrogen and oxygen atoms in total. The first kappa shape index (κ1) is 17.5. The summed E-state index contributed by atoms with van der Waals surface area (Å²) in [6, 6.07) is 16.5. The van der Waals surface area contributed by atoms with E-state index in [1.165, 1.54) is 6.92 Å². The third kappa shape index (κ3) is 4.19. The zero-order valence-corrected chi connectivity index (χ0v) is 14.4. The molecule has 3 rings (SSSR count). The highest BCUT2D eigenvalue weighted by Gasteiger charge is 2.30. The van der Waals surface area contributed by atoms with E-state index >= 15 is 0 Å². The highest BCUT2D eigenvalue weighted by molar-refractivity contribution is 5.96. The number of nitrogens with one attached hydrogen (secondary N) is 1. The van der Waals surface area contributed by atoms with Crippen molar-refractivity contribution in [1.29, 1.82) is 5.26 Å². The first-order valence-corrected chi connectivity index (χ1v) is 8.34. The predicted octanol–water partition coefficient (Wildman–Crippen LogP) is 2.38. The van der Waals surface area contributed by atoms with E-state index in [1.54, 1.807) is 17.0 Å². The minimum atomic E-state index is -0.150. The molecule has 26 heavy (non-hydrogen) atoms. The normalized spacial score (nSPS) is 16.2. The quantitative estimate of drug-likeness (QED) is 0.898. The van der Waals surface area contributed by atoms with Crippen LogP contribution >= 0.6 is 0 Å². The van der Waals surface area contributed by atoms with Crippen molar-refractivity contribution < 1.29 is 14.3 Å². The third-order valence-electron chi connectivity index (χ3n) is 4.14. The van der Waals surface area contributed by atoms with Gasteiger partial charge in [-0.2, -0.15) is 5.26 Å². The number of hydrogen-bond donors (Lipinski definition) is 1. The molecule has 1 N–H and O–H groups in total. The molecule has 1 aliphatic rings. The minimum absolute atomic E-state index is 0.00858. The van der Waals surface area contributed by atoms with Gasteiger partial charge >= 0.3 is 0 Å². The fraction of sp³-hybridized carbons (Fsp3) is 0.250. The molecule has 0 aromatic heterocycles. The van der Waals surface area contributed by atoms with Crippen LogP contribution in [0.25, 0.3) is 0 Å². The Morgan fingerprint density at radius 1 is 1.31 bits per heavy atom. The maximum absolute atomic E-state index is 12.1. The van der Waals surface area contributed by atoms with Crippen LogP contribution in [0.4, 0.5) is 5.69 Å². The first-order chi connectivity index (χ1) is 12.5. The second kappa shape index (κ2) is 7.70. The van der Waals surface area contributed by atoms with Crippen molar-refractivity contribution in [3.05, 3.63) is 59.7 Å². The number of carbonyl (C=O) groups excluding carboxylic acids is 2. The molecule has 1 atom stereocenters. The summed E-state index contributed by atoms with van der Waals surface area (Å²) in [4.78, 5) is 25.0. The highest BCUT2D eigenvalue weighted by Crippen LogP contribution is 2.24. The van der Waals surface area contributed by atoms with E-state index in [9.17, 15) is 9.59 Å². The summed E-state index contributed by atoms with van der Waals surface area (Å²) in [6.07, 6.45) is 0.313. The second-order valence-corrected chi connectivity index (χ2v) is 6.20. The molecule has 1 saturated heterocycles. The number of benzene rings is 2. The van der Waals surface area contributed by atoms with E-state index in [4.69, 9.17) is 10.00 Å². The van der Waals surface area contributed by atoms with Crippen LogP contribution in [-0.2, 0) is 16.2 Å². The van der Waals surface area contributed by atoms with Crippen LogP contribution in [0.5, 0.6) is 5.75 Å².